The molecule has 4 N–H and O–H groups in total. The number of rotatable bonds is 11. The molecule has 8 heteroatoms. The van der Waals surface area contributed by atoms with Gasteiger partial charge in [-0.3, -0.25) is 4.52 Å². The van der Waals surface area contributed by atoms with Crippen LogP contribution in [0.1, 0.15) is 12.8 Å². The third-order valence-corrected chi connectivity index (χ3v) is 2.44. The van der Waals surface area contributed by atoms with Crippen molar-refractivity contribution in [3.05, 3.63) is 0 Å². The lowest BCUT2D eigenvalue weighted by Gasteiger charge is -2.06. The lowest BCUT2D eigenvalue weighted by molar-refractivity contribution is 0.194. The lowest BCUT2D eigenvalue weighted by Crippen LogP contribution is -2.24. The third-order valence-electron chi connectivity index (χ3n) is 1.74. The molecule has 6 nitrogen and oxygen atoms in total. The molecule has 16 heavy (non-hydrogen) atoms. The van der Waals surface area contributed by atoms with E-state index in [4.69, 9.17) is 21.4 Å². The molecule has 0 unspecified atom stereocenters. The molecular weight excluding hydrogens is 255 g/mol. The minimum absolute atomic E-state index is 0.0712. The number of halogens is 1. The zero-order chi connectivity index (χ0) is 12.3. The van der Waals surface area contributed by atoms with E-state index in [-0.39, 0.29) is 6.61 Å². The number of phosphoric ester groups is 1. The average molecular weight is 275 g/mol. The number of hydrogen-bond donors (Lipinski definition) is 4. The number of alkyl halides is 1. The van der Waals surface area contributed by atoms with E-state index in [1.54, 1.807) is 0 Å². The minimum Gasteiger partial charge on any atom is -0.317 e. The Hall–Kier alpha value is 0.320. The van der Waals surface area contributed by atoms with Gasteiger partial charge in [0, 0.05) is 12.4 Å². The first-order valence-corrected chi connectivity index (χ1v) is 7.30. The Kier molecular flexibility index (Phi) is 10.7. The van der Waals surface area contributed by atoms with Gasteiger partial charge in [0.05, 0.1) is 6.61 Å². The second-order valence-corrected chi connectivity index (χ2v) is 4.84. The molecule has 0 rings (SSSR count). The highest BCUT2D eigenvalue weighted by molar-refractivity contribution is 7.46. The summed E-state index contributed by atoms with van der Waals surface area (Å²) in [6.45, 7) is 3.36. The minimum atomic E-state index is -4.29. The predicted molar refractivity (Wildman–Crippen MR) is 63.7 cm³/mol. The molecule has 0 spiro atoms. The van der Waals surface area contributed by atoms with E-state index >= 15 is 0 Å². The van der Waals surface area contributed by atoms with Crippen molar-refractivity contribution in [2.75, 3.05) is 38.7 Å². The SMILES string of the molecule is O=P(O)(O)OCCCNCCCNCCCl. The third kappa shape index (κ3) is 14.3. The fourth-order valence-electron chi connectivity index (χ4n) is 1.04. The maximum atomic E-state index is 10.3. The van der Waals surface area contributed by atoms with Gasteiger partial charge in [-0.25, -0.2) is 4.57 Å². The van der Waals surface area contributed by atoms with Gasteiger partial charge in [0.25, 0.3) is 0 Å². The van der Waals surface area contributed by atoms with Crippen LogP contribution in [0.4, 0.5) is 0 Å². The van der Waals surface area contributed by atoms with E-state index in [1.807, 2.05) is 0 Å². The predicted octanol–water partition coefficient (Wildman–Crippen LogP) is 0.294. The molecule has 98 valence electrons. The first kappa shape index (κ1) is 16.3. The quantitative estimate of drug-likeness (QED) is 0.246. The Labute approximate surface area is 101 Å². The van der Waals surface area contributed by atoms with E-state index in [0.717, 1.165) is 26.1 Å². The van der Waals surface area contributed by atoms with Crippen molar-refractivity contribution in [1.29, 1.82) is 0 Å². The summed E-state index contributed by atoms with van der Waals surface area (Å²) in [6.07, 6.45) is 1.58. The van der Waals surface area contributed by atoms with E-state index in [2.05, 4.69) is 15.2 Å². The van der Waals surface area contributed by atoms with Gasteiger partial charge in [-0.15, -0.1) is 11.6 Å². The Bertz CT molecular complexity index is 202. The molecule has 0 radical (unpaired) electrons. The van der Waals surface area contributed by atoms with E-state index in [1.165, 1.54) is 0 Å². The van der Waals surface area contributed by atoms with Gasteiger partial charge < -0.3 is 20.4 Å². The highest BCUT2D eigenvalue weighted by Crippen LogP contribution is 2.35. The Morgan fingerprint density at radius 3 is 2.19 bits per heavy atom. The molecule has 0 atom stereocenters. The van der Waals surface area contributed by atoms with Crippen molar-refractivity contribution in [3.8, 4) is 0 Å². The molecule has 0 saturated carbocycles. The van der Waals surface area contributed by atoms with E-state index in [9.17, 15) is 4.57 Å². The summed E-state index contributed by atoms with van der Waals surface area (Å²) in [4.78, 5) is 16.8. The molecule has 0 aliphatic heterocycles. The largest absolute Gasteiger partial charge is 0.469 e. The zero-order valence-corrected chi connectivity index (χ0v) is 10.8. The van der Waals surface area contributed by atoms with Crippen LogP contribution < -0.4 is 10.6 Å². The number of phosphoric acid groups is 1. The topological polar surface area (TPSA) is 90.8 Å². The van der Waals surface area contributed by atoms with Crippen molar-refractivity contribution in [3.63, 3.8) is 0 Å². The van der Waals surface area contributed by atoms with Crippen molar-refractivity contribution in [2.24, 2.45) is 0 Å². The standard InChI is InChI=1S/C8H20ClN2O4P/c9-3-7-11-5-1-4-10-6-2-8-15-16(12,13)14/h10-11H,1-8H2,(H2,12,13,14). The molecule has 0 fully saturated rings. The molecule has 0 heterocycles. The van der Waals surface area contributed by atoms with Gasteiger partial charge in [0.15, 0.2) is 0 Å². The molecule has 0 aromatic carbocycles. The maximum Gasteiger partial charge on any atom is 0.469 e. The van der Waals surface area contributed by atoms with Crippen LogP contribution in [-0.2, 0) is 9.09 Å². The fourth-order valence-corrected chi connectivity index (χ4v) is 1.54. The van der Waals surface area contributed by atoms with Crippen molar-refractivity contribution in [2.45, 2.75) is 12.8 Å². The van der Waals surface area contributed by atoms with Crippen LogP contribution in [0.2, 0.25) is 0 Å². The van der Waals surface area contributed by atoms with Crippen molar-refractivity contribution in [1.82, 2.24) is 10.6 Å². The Morgan fingerprint density at radius 2 is 1.62 bits per heavy atom. The van der Waals surface area contributed by atoms with Crippen LogP contribution in [0, 0.1) is 0 Å². The molecule has 0 aliphatic carbocycles. The van der Waals surface area contributed by atoms with Gasteiger partial charge >= 0.3 is 7.82 Å². The molecule has 0 aromatic heterocycles. The molecular formula is C8H20ClN2O4P. The van der Waals surface area contributed by atoms with Gasteiger partial charge in [-0.2, -0.15) is 0 Å². The van der Waals surface area contributed by atoms with Crippen LogP contribution in [0.3, 0.4) is 0 Å². The summed E-state index contributed by atoms with van der Waals surface area (Å²) >= 11 is 5.48. The second kappa shape index (κ2) is 10.5. The highest BCUT2D eigenvalue weighted by atomic mass is 35.5. The monoisotopic (exact) mass is 274 g/mol. The van der Waals surface area contributed by atoms with Gasteiger partial charge in [-0.05, 0) is 32.5 Å². The van der Waals surface area contributed by atoms with Crippen LogP contribution in [0.5, 0.6) is 0 Å². The molecule has 0 aliphatic rings. The average Bonchev–Trinajstić information content (AvgIpc) is 2.19. The summed E-state index contributed by atoms with van der Waals surface area (Å²) in [6, 6.07) is 0. The van der Waals surface area contributed by atoms with Gasteiger partial charge in [0.1, 0.15) is 0 Å². The smallest absolute Gasteiger partial charge is 0.317 e. The first-order chi connectivity index (χ1) is 7.56. The van der Waals surface area contributed by atoms with Gasteiger partial charge in [-0.1, -0.05) is 0 Å². The summed E-state index contributed by atoms with van der Waals surface area (Å²) in [5.74, 6) is 0.618. The highest BCUT2D eigenvalue weighted by Gasteiger charge is 2.12. The molecule has 0 amide bonds. The molecule has 0 aromatic rings. The Balaban J connectivity index is 3.02. The Morgan fingerprint density at radius 1 is 1.06 bits per heavy atom. The van der Waals surface area contributed by atoms with Crippen molar-refractivity contribution < 1.29 is 18.9 Å². The van der Waals surface area contributed by atoms with Crippen LogP contribution >= 0.6 is 19.4 Å². The van der Waals surface area contributed by atoms with Crippen LogP contribution in [0.15, 0.2) is 0 Å². The second-order valence-electron chi connectivity index (χ2n) is 3.22. The summed E-state index contributed by atoms with van der Waals surface area (Å²) in [5, 5.41) is 6.30. The zero-order valence-electron chi connectivity index (χ0n) is 9.19. The summed E-state index contributed by atoms with van der Waals surface area (Å²) in [5.41, 5.74) is 0. The van der Waals surface area contributed by atoms with E-state index < -0.39 is 7.82 Å². The lowest BCUT2D eigenvalue weighted by atomic mass is 10.4. The fraction of sp³-hybridized carbons (Fsp3) is 1.00. The molecule has 0 bridgehead atoms. The number of hydrogen-bond acceptors (Lipinski definition) is 4. The first-order valence-electron chi connectivity index (χ1n) is 5.24. The summed E-state index contributed by atoms with van der Waals surface area (Å²) < 4.78 is 14.6. The summed E-state index contributed by atoms with van der Waals surface area (Å²) in [7, 11) is -4.29. The van der Waals surface area contributed by atoms with Gasteiger partial charge in [0.2, 0.25) is 0 Å². The van der Waals surface area contributed by atoms with Crippen LogP contribution in [0.25, 0.3) is 0 Å². The normalized spacial score (nSPS) is 11.9. The number of nitrogens with one attached hydrogen (secondary N) is 2. The van der Waals surface area contributed by atoms with Crippen molar-refractivity contribution >= 4 is 19.4 Å². The molecule has 0 saturated heterocycles. The maximum absolute atomic E-state index is 10.3. The van der Waals surface area contributed by atoms with E-state index in [0.29, 0.717) is 18.8 Å². The van der Waals surface area contributed by atoms with Crippen LogP contribution in [-0.4, -0.2) is 48.5 Å².